The van der Waals surface area contributed by atoms with E-state index in [0.717, 1.165) is 43.6 Å². The number of rotatable bonds is 2. The molecule has 4 heterocycles. The molecule has 0 atom stereocenters. The third-order valence-corrected chi connectivity index (χ3v) is 12.6. The molecule has 0 bridgehead atoms. The third kappa shape index (κ3) is 3.46. The summed E-state index contributed by atoms with van der Waals surface area (Å²) in [6.45, 7) is 0. The SMILES string of the molecule is N#Cc1ccc(C#N)c(-n2c3ccccc3c3c4sc5ccccc5c4ccc32)c1-n1c2ccccc2c2c3sc4ccccc4c3ccc21. The predicted octanol–water partition coefficient (Wildman–Crippen LogP) is 12.4. The van der Waals surface area contributed by atoms with Crippen LogP contribution in [0.5, 0.6) is 0 Å². The third-order valence-electron chi connectivity index (χ3n) is 10.2. The summed E-state index contributed by atoms with van der Waals surface area (Å²) in [5.74, 6) is 0. The van der Waals surface area contributed by atoms with E-state index in [1.165, 1.54) is 40.3 Å². The van der Waals surface area contributed by atoms with Crippen molar-refractivity contribution in [2.24, 2.45) is 0 Å². The Morgan fingerprint density at radius 3 is 1.22 bits per heavy atom. The van der Waals surface area contributed by atoms with Gasteiger partial charge in [0.05, 0.1) is 44.6 Å². The molecule has 0 spiro atoms. The minimum atomic E-state index is 0.506. The van der Waals surface area contributed by atoms with Crippen LogP contribution in [0.1, 0.15) is 11.1 Å². The van der Waals surface area contributed by atoms with Gasteiger partial charge in [0.1, 0.15) is 12.1 Å². The lowest BCUT2D eigenvalue weighted by molar-refractivity contribution is 1.08. The van der Waals surface area contributed by atoms with Crippen LogP contribution in [0.2, 0.25) is 0 Å². The number of hydrogen-bond acceptors (Lipinski definition) is 4. The lowest BCUT2D eigenvalue weighted by Crippen LogP contribution is -2.08. The standard InChI is InChI=1S/C44H22N4S2/c45-23-25-17-18-26(24-46)42(48-34-14-6-2-12-32(34)40-36(48)22-20-30-28-10-4-8-16-38(28)50-44(30)40)41(25)47-33-13-5-1-11-31(33)39-35(47)21-19-29-27-9-3-7-15-37(27)49-43(29)39/h1-22H. The van der Waals surface area contributed by atoms with Crippen molar-refractivity contribution in [3.05, 3.63) is 145 Å². The number of benzene rings is 7. The fourth-order valence-electron chi connectivity index (χ4n) is 8.16. The van der Waals surface area contributed by atoms with Crippen LogP contribution in [0, 0.1) is 22.7 Å². The van der Waals surface area contributed by atoms with E-state index < -0.39 is 0 Å². The highest BCUT2D eigenvalue weighted by Crippen LogP contribution is 2.47. The number of para-hydroxylation sites is 2. The van der Waals surface area contributed by atoms with Gasteiger partial charge < -0.3 is 9.13 Å². The first kappa shape index (κ1) is 27.5. The molecule has 0 aliphatic rings. The minimum absolute atomic E-state index is 0.506. The summed E-state index contributed by atoms with van der Waals surface area (Å²) in [6.07, 6.45) is 0. The Morgan fingerprint density at radius 2 is 0.780 bits per heavy atom. The molecule has 0 aliphatic carbocycles. The van der Waals surface area contributed by atoms with Crippen molar-refractivity contribution in [3.8, 4) is 23.5 Å². The van der Waals surface area contributed by atoms with Crippen LogP contribution in [-0.2, 0) is 0 Å². The monoisotopic (exact) mass is 670 g/mol. The Morgan fingerprint density at radius 1 is 0.380 bits per heavy atom. The van der Waals surface area contributed by atoms with E-state index in [2.05, 4.69) is 143 Å². The molecule has 230 valence electrons. The van der Waals surface area contributed by atoms with Gasteiger partial charge in [0.15, 0.2) is 0 Å². The van der Waals surface area contributed by atoms with Crippen LogP contribution in [-0.4, -0.2) is 9.13 Å². The first-order valence-electron chi connectivity index (χ1n) is 16.4. The van der Waals surface area contributed by atoms with Crippen LogP contribution in [0.15, 0.2) is 133 Å². The Balaban J connectivity index is 1.35. The van der Waals surface area contributed by atoms with Crippen LogP contribution in [0.4, 0.5) is 0 Å². The summed E-state index contributed by atoms with van der Waals surface area (Å²) in [6, 6.07) is 51.5. The molecule has 0 saturated heterocycles. The van der Waals surface area contributed by atoms with Crippen molar-refractivity contribution < 1.29 is 0 Å². The van der Waals surface area contributed by atoms with Gasteiger partial charge in [0, 0.05) is 61.9 Å². The van der Waals surface area contributed by atoms with E-state index in [0.29, 0.717) is 22.5 Å². The van der Waals surface area contributed by atoms with Gasteiger partial charge >= 0.3 is 0 Å². The number of nitriles is 2. The Hall–Kier alpha value is -6.44. The van der Waals surface area contributed by atoms with E-state index >= 15 is 0 Å². The van der Waals surface area contributed by atoms with Gasteiger partial charge in [-0.15, -0.1) is 22.7 Å². The summed E-state index contributed by atoms with van der Waals surface area (Å²) < 4.78 is 9.38. The van der Waals surface area contributed by atoms with E-state index in [9.17, 15) is 10.5 Å². The van der Waals surface area contributed by atoms with Gasteiger partial charge in [-0.2, -0.15) is 10.5 Å². The van der Waals surface area contributed by atoms with Crippen molar-refractivity contribution >= 4 is 107 Å². The molecule has 0 aliphatic heterocycles. The average molecular weight is 671 g/mol. The lowest BCUT2D eigenvalue weighted by Gasteiger charge is -2.19. The highest BCUT2D eigenvalue weighted by atomic mass is 32.1. The molecule has 0 amide bonds. The summed E-state index contributed by atoms with van der Waals surface area (Å²) >= 11 is 3.61. The van der Waals surface area contributed by atoms with Crippen molar-refractivity contribution in [2.45, 2.75) is 0 Å². The van der Waals surface area contributed by atoms with Crippen LogP contribution in [0.3, 0.4) is 0 Å². The van der Waals surface area contributed by atoms with Crippen molar-refractivity contribution in [1.29, 1.82) is 10.5 Å². The number of hydrogen-bond donors (Lipinski definition) is 0. The zero-order chi connectivity index (χ0) is 33.1. The number of nitrogens with zero attached hydrogens (tertiary/aromatic N) is 4. The molecule has 0 saturated carbocycles. The Kier molecular flexibility index (Phi) is 5.52. The normalized spacial score (nSPS) is 12.0. The van der Waals surface area contributed by atoms with Crippen LogP contribution >= 0.6 is 22.7 Å². The zero-order valence-electron chi connectivity index (χ0n) is 26.3. The molecule has 0 fully saturated rings. The molecule has 6 heteroatoms. The number of aromatic nitrogens is 2. The number of fused-ring (bicyclic) bond motifs is 14. The maximum atomic E-state index is 10.8. The maximum absolute atomic E-state index is 10.8. The van der Waals surface area contributed by atoms with Gasteiger partial charge in [-0.1, -0.05) is 84.9 Å². The van der Waals surface area contributed by atoms with Gasteiger partial charge in [-0.3, -0.25) is 0 Å². The van der Waals surface area contributed by atoms with Crippen LogP contribution < -0.4 is 0 Å². The molecular weight excluding hydrogens is 649 g/mol. The molecule has 0 N–H and O–H groups in total. The van der Waals surface area contributed by atoms with Gasteiger partial charge in [0.25, 0.3) is 0 Å². The summed E-state index contributed by atoms with van der Waals surface area (Å²) in [7, 11) is 0. The highest BCUT2D eigenvalue weighted by molar-refractivity contribution is 7.27. The first-order valence-corrected chi connectivity index (χ1v) is 18.0. The first-order chi connectivity index (χ1) is 24.7. The second-order valence-corrected chi connectivity index (χ2v) is 14.8. The molecule has 50 heavy (non-hydrogen) atoms. The fraction of sp³-hybridized carbons (Fsp3) is 0. The quantitative estimate of drug-likeness (QED) is 0.184. The largest absolute Gasteiger partial charge is 0.306 e. The van der Waals surface area contributed by atoms with Gasteiger partial charge in [-0.05, 0) is 48.5 Å². The topological polar surface area (TPSA) is 57.4 Å². The van der Waals surface area contributed by atoms with Crippen LogP contribution in [0.25, 0.3) is 95.3 Å². The Bertz CT molecular complexity index is 3130. The van der Waals surface area contributed by atoms with E-state index in [1.54, 1.807) is 34.8 Å². The summed E-state index contributed by atoms with van der Waals surface area (Å²) in [5, 5.41) is 31.1. The lowest BCUT2D eigenvalue weighted by atomic mass is 10.1. The molecule has 11 rings (SSSR count). The van der Waals surface area contributed by atoms with E-state index in [4.69, 9.17) is 0 Å². The molecule has 7 aromatic carbocycles. The number of thiophene rings is 2. The second kappa shape index (κ2) is 10.0. The molecule has 4 aromatic heterocycles. The second-order valence-electron chi connectivity index (χ2n) is 12.7. The minimum Gasteiger partial charge on any atom is -0.306 e. The smallest absolute Gasteiger partial charge is 0.101 e. The maximum Gasteiger partial charge on any atom is 0.101 e. The average Bonchev–Trinajstić information content (AvgIpc) is 3.91. The summed E-state index contributed by atoms with van der Waals surface area (Å²) in [4.78, 5) is 0. The molecule has 0 unspecified atom stereocenters. The zero-order valence-corrected chi connectivity index (χ0v) is 27.9. The predicted molar refractivity (Wildman–Crippen MR) is 210 cm³/mol. The molecule has 4 nitrogen and oxygen atoms in total. The fourth-order valence-corrected chi connectivity index (χ4v) is 10.7. The summed E-state index contributed by atoms with van der Waals surface area (Å²) in [5.41, 5.74) is 6.42. The molecule has 0 radical (unpaired) electrons. The molecular formula is C44H22N4S2. The van der Waals surface area contributed by atoms with Gasteiger partial charge in [-0.25, -0.2) is 0 Å². The van der Waals surface area contributed by atoms with E-state index in [-0.39, 0.29) is 0 Å². The van der Waals surface area contributed by atoms with Crippen molar-refractivity contribution in [1.82, 2.24) is 9.13 Å². The molecule has 11 aromatic rings. The Labute approximate surface area is 293 Å². The highest BCUT2D eigenvalue weighted by Gasteiger charge is 2.26. The van der Waals surface area contributed by atoms with Crippen molar-refractivity contribution in [3.63, 3.8) is 0 Å². The van der Waals surface area contributed by atoms with E-state index in [1.807, 2.05) is 0 Å². The van der Waals surface area contributed by atoms with Gasteiger partial charge in [0.2, 0.25) is 0 Å². The van der Waals surface area contributed by atoms with Crippen molar-refractivity contribution in [2.75, 3.05) is 0 Å².